The van der Waals surface area contributed by atoms with Crippen LogP contribution in [0, 0.1) is 5.92 Å². The molecule has 2 aromatic rings. The van der Waals surface area contributed by atoms with E-state index in [0.717, 1.165) is 35.6 Å². The van der Waals surface area contributed by atoms with Gasteiger partial charge >= 0.3 is 0 Å². The van der Waals surface area contributed by atoms with Gasteiger partial charge in [0.1, 0.15) is 5.76 Å². The van der Waals surface area contributed by atoms with Gasteiger partial charge in [0.25, 0.3) is 0 Å². The van der Waals surface area contributed by atoms with Crippen molar-refractivity contribution in [2.24, 2.45) is 5.92 Å². The molecular formula is C18H27NO2. The maximum absolute atomic E-state index is 6.14. The third-order valence-corrected chi connectivity index (χ3v) is 3.56. The minimum Gasteiger partial charge on any atom is -0.493 e. The predicted molar refractivity (Wildman–Crippen MR) is 88.0 cm³/mol. The van der Waals surface area contributed by atoms with Crippen LogP contribution >= 0.6 is 0 Å². The zero-order valence-electron chi connectivity index (χ0n) is 14.0. The Kier molecular flexibility index (Phi) is 4.62. The Bertz CT molecular complexity index is 605. The topological polar surface area (TPSA) is 34.4 Å². The van der Waals surface area contributed by atoms with E-state index < -0.39 is 0 Å². The van der Waals surface area contributed by atoms with Crippen molar-refractivity contribution in [1.82, 2.24) is 5.32 Å². The van der Waals surface area contributed by atoms with Crippen LogP contribution in [-0.4, -0.2) is 13.7 Å². The number of nitrogens with one attached hydrogen (secondary N) is 1. The molecule has 0 saturated carbocycles. The zero-order valence-corrected chi connectivity index (χ0v) is 14.0. The maximum atomic E-state index is 6.14. The molecule has 0 radical (unpaired) electrons. The Hall–Kier alpha value is -1.48. The van der Waals surface area contributed by atoms with E-state index >= 15 is 0 Å². The predicted octanol–water partition coefficient (Wildman–Crippen LogP) is 4.48. The third-order valence-electron chi connectivity index (χ3n) is 3.56. The van der Waals surface area contributed by atoms with Crippen LogP contribution < -0.4 is 10.1 Å². The largest absolute Gasteiger partial charge is 0.493 e. The summed E-state index contributed by atoms with van der Waals surface area (Å²) < 4.78 is 11.6. The first-order valence-electron chi connectivity index (χ1n) is 7.64. The summed E-state index contributed by atoms with van der Waals surface area (Å²) in [4.78, 5) is 0. The molecular weight excluding hydrogens is 262 g/mol. The Morgan fingerprint density at radius 3 is 2.52 bits per heavy atom. The van der Waals surface area contributed by atoms with Crippen LogP contribution in [0.1, 0.15) is 45.9 Å². The summed E-state index contributed by atoms with van der Waals surface area (Å²) in [5.41, 5.74) is 2.16. The summed E-state index contributed by atoms with van der Waals surface area (Å²) in [5, 5.41) is 4.63. The third kappa shape index (κ3) is 3.41. The van der Waals surface area contributed by atoms with Gasteiger partial charge in [-0.05, 0) is 23.9 Å². The molecule has 0 aliphatic heterocycles. The van der Waals surface area contributed by atoms with Crippen molar-refractivity contribution >= 4 is 11.0 Å². The van der Waals surface area contributed by atoms with E-state index in [0.29, 0.717) is 5.92 Å². The number of fused-ring (bicyclic) bond motifs is 1. The van der Waals surface area contributed by atoms with E-state index in [1.807, 2.05) is 12.1 Å². The highest BCUT2D eigenvalue weighted by Gasteiger charge is 2.26. The molecule has 21 heavy (non-hydrogen) atoms. The van der Waals surface area contributed by atoms with Gasteiger partial charge in [-0.1, -0.05) is 46.8 Å². The number of ether oxygens (including phenoxy) is 1. The number of furan rings is 1. The molecule has 1 aromatic heterocycles. The lowest BCUT2D eigenvalue weighted by molar-refractivity contribution is 0.403. The van der Waals surface area contributed by atoms with E-state index in [1.54, 1.807) is 7.11 Å². The minimum atomic E-state index is 0.0342. The van der Waals surface area contributed by atoms with Gasteiger partial charge in [0.2, 0.25) is 0 Å². The van der Waals surface area contributed by atoms with Gasteiger partial charge in [-0.2, -0.15) is 0 Å². The van der Waals surface area contributed by atoms with Gasteiger partial charge in [-0.3, -0.25) is 0 Å². The average Bonchev–Trinajstić information content (AvgIpc) is 2.75. The van der Waals surface area contributed by atoms with E-state index in [4.69, 9.17) is 9.15 Å². The van der Waals surface area contributed by atoms with Crippen LogP contribution in [0.3, 0.4) is 0 Å². The Labute approximate surface area is 127 Å². The molecule has 0 saturated heterocycles. The van der Waals surface area contributed by atoms with Crippen LogP contribution in [0.4, 0.5) is 0 Å². The molecule has 116 valence electrons. The van der Waals surface area contributed by atoms with Crippen molar-refractivity contribution in [2.75, 3.05) is 13.7 Å². The molecule has 2 rings (SSSR count). The Balaban J connectivity index is 2.47. The number of hydrogen-bond acceptors (Lipinski definition) is 3. The van der Waals surface area contributed by atoms with Crippen molar-refractivity contribution in [3.63, 3.8) is 0 Å². The smallest absolute Gasteiger partial charge is 0.176 e. The molecule has 0 spiro atoms. The fourth-order valence-corrected chi connectivity index (χ4v) is 2.72. The van der Waals surface area contributed by atoms with Crippen molar-refractivity contribution in [3.8, 4) is 5.75 Å². The highest BCUT2D eigenvalue weighted by Crippen LogP contribution is 2.39. The quantitative estimate of drug-likeness (QED) is 0.881. The molecule has 0 aliphatic carbocycles. The number of rotatable bonds is 5. The first-order chi connectivity index (χ1) is 9.84. The number of hydrogen-bond donors (Lipinski definition) is 1. The summed E-state index contributed by atoms with van der Waals surface area (Å²) in [6.45, 7) is 12.8. The van der Waals surface area contributed by atoms with Crippen LogP contribution in [0.5, 0.6) is 5.75 Å². The molecule has 0 aliphatic rings. The molecule has 3 nitrogen and oxygen atoms in total. The van der Waals surface area contributed by atoms with E-state index in [2.05, 4.69) is 46.0 Å². The summed E-state index contributed by atoms with van der Waals surface area (Å²) in [6, 6.07) is 6.09. The number of para-hydroxylation sites is 1. The van der Waals surface area contributed by atoms with Crippen molar-refractivity contribution in [3.05, 3.63) is 29.5 Å². The van der Waals surface area contributed by atoms with E-state index in [9.17, 15) is 0 Å². The summed E-state index contributed by atoms with van der Waals surface area (Å²) in [5.74, 6) is 2.44. The van der Waals surface area contributed by atoms with Crippen LogP contribution in [0.25, 0.3) is 11.0 Å². The van der Waals surface area contributed by atoms with Crippen molar-refractivity contribution < 1.29 is 9.15 Å². The first-order valence-corrected chi connectivity index (χ1v) is 7.64. The molecule has 0 unspecified atom stereocenters. The molecule has 1 N–H and O–H groups in total. The zero-order chi connectivity index (χ0) is 15.6. The standard InChI is InChI=1S/C18H27NO2/c1-12(2)10-19-11-15-16(18(3,4)5)13-8-7-9-14(20-6)17(13)21-15/h7-9,12,19H,10-11H2,1-6H3. The Morgan fingerprint density at radius 1 is 1.24 bits per heavy atom. The molecule has 0 bridgehead atoms. The van der Waals surface area contributed by atoms with Gasteiger partial charge in [-0.25, -0.2) is 0 Å². The second-order valence-corrected chi connectivity index (χ2v) is 7.01. The lowest BCUT2D eigenvalue weighted by Gasteiger charge is -2.19. The summed E-state index contributed by atoms with van der Waals surface area (Å²) in [6.07, 6.45) is 0. The fourth-order valence-electron chi connectivity index (χ4n) is 2.72. The van der Waals surface area contributed by atoms with Crippen LogP contribution in [0.2, 0.25) is 0 Å². The normalized spacial score (nSPS) is 12.3. The van der Waals surface area contributed by atoms with Crippen LogP contribution in [0.15, 0.2) is 22.6 Å². The van der Waals surface area contributed by atoms with Gasteiger partial charge in [0, 0.05) is 10.9 Å². The summed E-state index contributed by atoms with van der Waals surface area (Å²) in [7, 11) is 1.69. The number of methoxy groups -OCH3 is 1. The average molecular weight is 289 g/mol. The molecule has 1 heterocycles. The second-order valence-electron chi connectivity index (χ2n) is 7.01. The highest BCUT2D eigenvalue weighted by atomic mass is 16.5. The maximum Gasteiger partial charge on any atom is 0.176 e. The molecule has 3 heteroatoms. The SMILES string of the molecule is COc1cccc2c(C(C)(C)C)c(CNCC(C)C)oc12. The van der Waals surface area contributed by atoms with Crippen LogP contribution in [-0.2, 0) is 12.0 Å². The van der Waals surface area contributed by atoms with Crippen molar-refractivity contribution in [2.45, 2.75) is 46.6 Å². The minimum absolute atomic E-state index is 0.0342. The van der Waals surface area contributed by atoms with Gasteiger partial charge in [-0.15, -0.1) is 0 Å². The van der Waals surface area contributed by atoms with E-state index in [-0.39, 0.29) is 5.41 Å². The lowest BCUT2D eigenvalue weighted by atomic mass is 9.84. The molecule has 0 amide bonds. The fraction of sp³-hybridized carbons (Fsp3) is 0.556. The highest BCUT2D eigenvalue weighted by molar-refractivity contribution is 5.88. The van der Waals surface area contributed by atoms with Crippen molar-refractivity contribution in [1.29, 1.82) is 0 Å². The monoisotopic (exact) mass is 289 g/mol. The van der Waals surface area contributed by atoms with E-state index in [1.165, 1.54) is 5.56 Å². The molecule has 0 fully saturated rings. The van der Waals surface area contributed by atoms with Gasteiger partial charge in [0.05, 0.1) is 13.7 Å². The lowest BCUT2D eigenvalue weighted by Crippen LogP contribution is -2.21. The second kappa shape index (κ2) is 6.10. The number of benzene rings is 1. The van der Waals surface area contributed by atoms with Gasteiger partial charge in [0.15, 0.2) is 11.3 Å². The Morgan fingerprint density at radius 2 is 1.95 bits per heavy atom. The summed E-state index contributed by atoms with van der Waals surface area (Å²) >= 11 is 0. The molecule has 0 atom stereocenters. The molecule has 1 aromatic carbocycles. The van der Waals surface area contributed by atoms with Gasteiger partial charge < -0.3 is 14.5 Å². The first kappa shape index (κ1) is 15.9.